The summed E-state index contributed by atoms with van der Waals surface area (Å²) in [5.41, 5.74) is 2.07. The van der Waals surface area contributed by atoms with Crippen molar-refractivity contribution in [3.63, 3.8) is 0 Å². The average molecular weight is 365 g/mol. The second-order valence-corrected chi connectivity index (χ2v) is 6.64. The number of hydrogen-bond donors (Lipinski definition) is 0. The van der Waals surface area contributed by atoms with Gasteiger partial charge in [0.05, 0.1) is 11.8 Å². The van der Waals surface area contributed by atoms with Crippen LogP contribution < -0.4 is 0 Å². The molecular formula is C17H21BrN2O2. The van der Waals surface area contributed by atoms with Crippen molar-refractivity contribution in [2.75, 3.05) is 26.7 Å². The molecule has 0 aliphatic carbocycles. The normalized spacial score (nSPS) is 19.0. The molecule has 3 rings (SSSR count). The number of rotatable bonds is 5. The Hall–Kier alpha value is -1.17. The van der Waals surface area contributed by atoms with Crippen molar-refractivity contribution < 1.29 is 9.15 Å². The molecule has 2 aromatic rings. The molecule has 0 bridgehead atoms. The lowest BCUT2D eigenvalue weighted by Gasteiger charge is -2.14. The minimum absolute atomic E-state index is 0.386. The molecule has 0 unspecified atom stereocenters. The largest absolute Gasteiger partial charge is 0.441 e. The van der Waals surface area contributed by atoms with Crippen LogP contribution in [0.4, 0.5) is 0 Å². The van der Waals surface area contributed by atoms with Gasteiger partial charge < -0.3 is 14.1 Å². The second kappa shape index (κ2) is 6.94. The Morgan fingerprint density at radius 1 is 1.36 bits per heavy atom. The zero-order valence-corrected chi connectivity index (χ0v) is 14.6. The fourth-order valence-electron chi connectivity index (χ4n) is 2.83. The predicted molar refractivity (Wildman–Crippen MR) is 89.9 cm³/mol. The summed E-state index contributed by atoms with van der Waals surface area (Å²) in [4.78, 5) is 7.10. The van der Waals surface area contributed by atoms with E-state index in [0.29, 0.717) is 12.0 Å². The molecule has 1 fully saturated rings. The third kappa shape index (κ3) is 3.59. The van der Waals surface area contributed by atoms with Crippen LogP contribution in [0.5, 0.6) is 0 Å². The van der Waals surface area contributed by atoms with E-state index < -0.39 is 0 Å². The van der Waals surface area contributed by atoms with Crippen LogP contribution >= 0.6 is 15.9 Å². The van der Waals surface area contributed by atoms with E-state index in [-0.39, 0.29) is 0 Å². The highest BCUT2D eigenvalue weighted by atomic mass is 79.9. The number of methoxy groups -OCH3 is 1. The molecular weight excluding hydrogens is 344 g/mol. The molecule has 5 heteroatoms. The van der Waals surface area contributed by atoms with Crippen LogP contribution in [0.15, 0.2) is 33.2 Å². The summed E-state index contributed by atoms with van der Waals surface area (Å²) in [5.74, 6) is 1.62. The van der Waals surface area contributed by atoms with Gasteiger partial charge in [0.2, 0.25) is 5.89 Å². The Bertz CT molecular complexity index is 624. The van der Waals surface area contributed by atoms with Crippen molar-refractivity contribution in [3.05, 3.63) is 40.2 Å². The van der Waals surface area contributed by atoms with Crippen molar-refractivity contribution in [1.82, 2.24) is 9.88 Å². The van der Waals surface area contributed by atoms with E-state index in [0.717, 1.165) is 54.0 Å². The minimum Gasteiger partial charge on any atom is -0.441 e. The molecule has 1 atom stereocenters. The Kier molecular flexibility index (Phi) is 4.96. The first-order chi connectivity index (χ1) is 10.7. The summed E-state index contributed by atoms with van der Waals surface area (Å²) in [7, 11) is 1.79. The number of oxazole rings is 1. The van der Waals surface area contributed by atoms with Crippen molar-refractivity contribution in [2.24, 2.45) is 0 Å². The van der Waals surface area contributed by atoms with E-state index in [9.17, 15) is 0 Å². The number of hydrogen-bond acceptors (Lipinski definition) is 4. The third-order valence-electron chi connectivity index (χ3n) is 4.21. The van der Waals surface area contributed by atoms with Gasteiger partial charge in [-0.25, -0.2) is 4.98 Å². The summed E-state index contributed by atoms with van der Waals surface area (Å²) in [6, 6.07) is 8.04. The van der Waals surface area contributed by atoms with Gasteiger partial charge in [-0.2, -0.15) is 0 Å². The first kappa shape index (κ1) is 15.7. The van der Waals surface area contributed by atoms with Crippen molar-refractivity contribution in [2.45, 2.75) is 25.9 Å². The number of ether oxygens (including phenoxy) is 1. The second-order valence-electron chi connectivity index (χ2n) is 5.73. The van der Waals surface area contributed by atoms with E-state index in [4.69, 9.17) is 9.15 Å². The molecule has 1 aliphatic heterocycles. The molecule has 1 aromatic heterocycles. The maximum absolute atomic E-state index is 5.83. The maximum atomic E-state index is 5.83. The quantitative estimate of drug-likeness (QED) is 0.810. The topological polar surface area (TPSA) is 38.5 Å². The number of benzene rings is 1. The summed E-state index contributed by atoms with van der Waals surface area (Å²) in [6.45, 7) is 5.13. The first-order valence-corrected chi connectivity index (χ1v) is 8.42. The Morgan fingerprint density at radius 3 is 2.82 bits per heavy atom. The monoisotopic (exact) mass is 364 g/mol. The van der Waals surface area contributed by atoms with E-state index in [2.05, 4.69) is 25.8 Å². The van der Waals surface area contributed by atoms with Gasteiger partial charge in [-0.05, 0) is 37.6 Å². The number of aryl methyl sites for hydroxylation is 1. The Morgan fingerprint density at radius 2 is 2.14 bits per heavy atom. The van der Waals surface area contributed by atoms with Gasteiger partial charge in [0.15, 0.2) is 0 Å². The highest BCUT2D eigenvalue weighted by Gasteiger charge is 2.22. The van der Waals surface area contributed by atoms with Gasteiger partial charge in [-0.1, -0.05) is 15.9 Å². The molecule has 4 nitrogen and oxygen atoms in total. The van der Waals surface area contributed by atoms with Crippen LogP contribution in [0.1, 0.15) is 17.9 Å². The van der Waals surface area contributed by atoms with Crippen molar-refractivity contribution in [3.8, 4) is 11.5 Å². The van der Waals surface area contributed by atoms with Gasteiger partial charge >= 0.3 is 0 Å². The van der Waals surface area contributed by atoms with E-state index in [1.54, 1.807) is 7.11 Å². The van der Waals surface area contributed by atoms with E-state index >= 15 is 0 Å². The maximum Gasteiger partial charge on any atom is 0.226 e. The Balaban J connectivity index is 1.64. The number of likely N-dealkylation sites (tertiary alicyclic amines) is 1. The molecule has 0 spiro atoms. The zero-order valence-electron chi connectivity index (χ0n) is 13.0. The number of nitrogens with zero attached hydrogens (tertiary/aromatic N) is 2. The number of halogens is 1. The predicted octanol–water partition coefficient (Wildman–Crippen LogP) is 3.68. The highest BCUT2D eigenvalue weighted by molar-refractivity contribution is 9.10. The zero-order chi connectivity index (χ0) is 15.5. The van der Waals surface area contributed by atoms with Gasteiger partial charge in [-0.15, -0.1) is 0 Å². The molecule has 0 radical (unpaired) electrons. The van der Waals surface area contributed by atoms with E-state index in [1.807, 2.05) is 31.2 Å². The lowest BCUT2D eigenvalue weighted by atomic mass is 10.2. The SMILES string of the molecule is CO[C@H]1CCN(CCc2nc(-c3ccc(Br)cc3)oc2C)C1. The average Bonchev–Trinajstić information content (AvgIpc) is 3.12. The van der Waals surface area contributed by atoms with Crippen molar-refractivity contribution >= 4 is 15.9 Å². The van der Waals surface area contributed by atoms with E-state index in [1.165, 1.54) is 0 Å². The lowest BCUT2D eigenvalue weighted by molar-refractivity contribution is 0.108. The molecule has 2 heterocycles. The fourth-order valence-corrected chi connectivity index (χ4v) is 3.10. The third-order valence-corrected chi connectivity index (χ3v) is 4.74. The van der Waals surface area contributed by atoms with Gasteiger partial charge in [0.25, 0.3) is 0 Å². The first-order valence-electron chi connectivity index (χ1n) is 7.63. The van der Waals surface area contributed by atoms with Crippen LogP contribution in [-0.4, -0.2) is 42.7 Å². The molecule has 118 valence electrons. The van der Waals surface area contributed by atoms with Crippen LogP contribution in [-0.2, 0) is 11.2 Å². The van der Waals surface area contributed by atoms with Crippen LogP contribution in [0.25, 0.3) is 11.5 Å². The molecule has 0 N–H and O–H groups in total. The van der Waals surface area contributed by atoms with Crippen LogP contribution in [0.2, 0.25) is 0 Å². The van der Waals surface area contributed by atoms with Crippen LogP contribution in [0, 0.1) is 6.92 Å². The molecule has 0 amide bonds. The Labute approximate surface area is 139 Å². The molecule has 22 heavy (non-hydrogen) atoms. The summed E-state index contributed by atoms with van der Waals surface area (Å²) in [5, 5.41) is 0. The van der Waals surface area contributed by atoms with Gasteiger partial charge in [0, 0.05) is 43.2 Å². The summed E-state index contributed by atoms with van der Waals surface area (Å²) < 4.78 is 12.3. The molecule has 1 aromatic carbocycles. The molecule has 1 aliphatic rings. The number of aromatic nitrogens is 1. The molecule has 0 saturated carbocycles. The molecule has 1 saturated heterocycles. The fraction of sp³-hybridized carbons (Fsp3) is 0.471. The van der Waals surface area contributed by atoms with Crippen molar-refractivity contribution in [1.29, 1.82) is 0 Å². The minimum atomic E-state index is 0.386. The lowest BCUT2D eigenvalue weighted by Crippen LogP contribution is -2.25. The smallest absolute Gasteiger partial charge is 0.226 e. The van der Waals surface area contributed by atoms with Gasteiger partial charge in [-0.3, -0.25) is 0 Å². The highest BCUT2D eigenvalue weighted by Crippen LogP contribution is 2.24. The van der Waals surface area contributed by atoms with Gasteiger partial charge in [0.1, 0.15) is 5.76 Å². The van der Waals surface area contributed by atoms with Crippen LogP contribution in [0.3, 0.4) is 0 Å². The standard InChI is InChI=1S/C17H21BrN2O2/c1-12-16(8-10-20-9-7-15(11-20)21-2)19-17(22-12)13-3-5-14(18)6-4-13/h3-6,15H,7-11H2,1-2H3/t15-/m0/s1. The summed E-state index contributed by atoms with van der Waals surface area (Å²) in [6.07, 6.45) is 2.43. The summed E-state index contributed by atoms with van der Waals surface area (Å²) >= 11 is 3.44.